The van der Waals surface area contributed by atoms with Gasteiger partial charge in [-0.25, -0.2) is 4.79 Å². The third-order valence-corrected chi connectivity index (χ3v) is 6.68. The van der Waals surface area contributed by atoms with Gasteiger partial charge in [0, 0.05) is 23.6 Å². The zero-order valence-electron chi connectivity index (χ0n) is 23.3. The number of carbonyl (C=O) groups is 1. The number of fused-ring (bicyclic) bond motifs is 1. The number of esters is 1. The fraction of sp³-hybridized carbons (Fsp3) is 0.467. The van der Waals surface area contributed by atoms with E-state index < -0.39 is 5.97 Å². The molecule has 0 bridgehead atoms. The molecule has 1 fully saturated rings. The predicted octanol–water partition coefficient (Wildman–Crippen LogP) is 5.88. The molecule has 1 aliphatic heterocycles. The minimum absolute atomic E-state index is 0.0584. The highest BCUT2D eigenvalue weighted by Crippen LogP contribution is 2.42. The van der Waals surface area contributed by atoms with Crippen LogP contribution in [0.1, 0.15) is 56.1 Å². The second kappa shape index (κ2) is 12.3. The number of hydrogen-bond acceptors (Lipinski definition) is 8. The first-order chi connectivity index (χ1) is 18.4. The molecule has 8 heteroatoms. The van der Waals surface area contributed by atoms with Crippen LogP contribution in [0.25, 0.3) is 22.0 Å². The van der Waals surface area contributed by atoms with Crippen LogP contribution in [0.15, 0.2) is 30.3 Å². The van der Waals surface area contributed by atoms with Crippen molar-refractivity contribution in [1.29, 1.82) is 0 Å². The van der Waals surface area contributed by atoms with E-state index in [4.69, 9.17) is 28.7 Å². The molecule has 4 rings (SSSR count). The van der Waals surface area contributed by atoms with Crippen LogP contribution in [0.4, 0.5) is 0 Å². The topological polar surface area (TPSA) is 79.4 Å². The number of aromatic nitrogens is 1. The summed E-state index contributed by atoms with van der Waals surface area (Å²) in [4.78, 5) is 21.0. The van der Waals surface area contributed by atoms with E-state index in [-0.39, 0.29) is 12.7 Å². The van der Waals surface area contributed by atoms with Gasteiger partial charge in [0.25, 0.3) is 0 Å². The van der Waals surface area contributed by atoms with E-state index in [1.54, 1.807) is 21.3 Å². The SMILES string of the molecule is CCOC(=O)c1c(CN2CCCCC2)nc2cc(OC)c(OC)cc2c1-c1ccc(OC)c(OC(C)C)c1. The van der Waals surface area contributed by atoms with E-state index in [2.05, 4.69) is 4.90 Å². The van der Waals surface area contributed by atoms with Gasteiger partial charge in [-0.05, 0) is 70.5 Å². The van der Waals surface area contributed by atoms with E-state index in [0.717, 1.165) is 42.4 Å². The Morgan fingerprint density at radius 1 is 0.921 bits per heavy atom. The first-order valence-corrected chi connectivity index (χ1v) is 13.2. The summed E-state index contributed by atoms with van der Waals surface area (Å²) >= 11 is 0. The summed E-state index contributed by atoms with van der Waals surface area (Å²) in [5, 5.41) is 0.758. The standard InChI is InChI=1S/C30H38N2O6/c1-7-37-30(33)29-23(18-32-13-9-8-10-14-32)31-22-17-26(36-6)25(35-5)16-21(22)28(29)20-11-12-24(34-4)27(15-20)38-19(2)3/h11-12,15-17,19H,7-10,13-14,18H2,1-6H3. The van der Waals surface area contributed by atoms with Gasteiger partial charge in [-0.15, -0.1) is 0 Å². The van der Waals surface area contributed by atoms with E-state index in [0.29, 0.717) is 46.3 Å². The van der Waals surface area contributed by atoms with E-state index in [1.807, 2.05) is 51.1 Å². The van der Waals surface area contributed by atoms with Crippen molar-refractivity contribution in [2.75, 3.05) is 41.0 Å². The van der Waals surface area contributed by atoms with Crippen LogP contribution >= 0.6 is 0 Å². The van der Waals surface area contributed by atoms with Crippen molar-refractivity contribution in [2.24, 2.45) is 0 Å². The average molecular weight is 523 g/mol. The van der Waals surface area contributed by atoms with E-state index in [1.165, 1.54) is 6.42 Å². The fourth-order valence-corrected chi connectivity index (χ4v) is 4.99. The first-order valence-electron chi connectivity index (χ1n) is 13.2. The fourth-order valence-electron chi connectivity index (χ4n) is 4.99. The monoisotopic (exact) mass is 522 g/mol. The molecule has 0 amide bonds. The van der Waals surface area contributed by atoms with Gasteiger partial charge in [0.2, 0.25) is 0 Å². The molecule has 204 valence electrons. The quantitative estimate of drug-likeness (QED) is 0.306. The number of pyridine rings is 1. The molecule has 0 N–H and O–H groups in total. The second-order valence-corrected chi connectivity index (χ2v) is 9.62. The van der Waals surface area contributed by atoms with Crippen molar-refractivity contribution in [3.8, 4) is 34.1 Å². The molecular weight excluding hydrogens is 484 g/mol. The molecule has 1 aliphatic rings. The summed E-state index contributed by atoms with van der Waals surface area (Å²) < 4.78 is 28.5. The van der Waals surface area contributed by atoms with Gasteiger partial charge in [-0.3, -0.25) is 9.88 Å². The maximum absolute atomic E-state index is 13.6. The molecule has 3 aromatic rings. The van der Waals surface area contributed by atoms with Crippen molar-refractivity contribution < 1.29 is 28.5 Å². The number of hydrogen-bond donors (Lipinski definition) is 0. The summed E-state index contributed by atoms with van der Waals surface area (Å²) in [6, 6.07) is 9.44. The average Bonchev–Trinajstić information content (AvgIpc) is 2.91. The van der Waals surface area contributed by atoms with Crippen LogP contribution in [0.3, 0.4) is 0 Å². The lowest BCUT2D eigenvalue weighted by Crippen LogP contribution is -2.30. The molecule has 8 nitrogen and oxygen atoms in total. The molecule has 0 radical (unpaired) electrons. The minimum atomic E-state index is -0.402. The Kier molecular flexibility index (Phi) is 8.94. The largest absolute Gasteiger partial charge is 0.493 e. The molecule has 1 aromatic heterocycles. The summed E-state index contributed by atoms with van der Waals surface area (Å²) in [6.07, 6.45) is 3.43. The van der Waals surface area contributed by atoms with Crippen LogP contribution in [-0.4, -0.2) is 63.0 Å². The maximum Gasteiger partial charge on any atom is 0.340 e. The summed E-state index contributed by atoms with van der Waals surface area (Å²) in [5.41, 5.74) is 3.36. The molecule has 0 unspecified atom stereocenters. The van der Waals surface area contributed by atoms with Gasteiger partial charge < -0.3 is 23.7 Å². The van der Waals surface area contributed by atoms with E-state index >= 15 is 0 Å². The van der Waals surface area contributed by atoms with E-state index in [9.17, 15) is 4.79 Å². The summed E-state index contributed by atoms with van der Waals surface area (Å²) in [5.74, 6) is 1.93. The van der Waals surface area contributed by atoms with Crippen molar-refractivity contribution in [2.45, 2.75) is 52.7 Å². The number of likely N-dealkylation sites (tertiary alicyclic amines) is 1. The highest BCUT2D eigenvalue weighted by atomic mass is 16.5. The van der Waals surface area contributed by atoms with Crippen LogP contribution in [0.5, 0.6) is 23.0 Å². The number of carbonyl (C=O) groups excluding carboxylic acids is 1. The Morgan fingerprint density at radius 2 is 1.61 bits per heavy atom. The number of piperidine rings is 1. The van der Waals surface area contributed by atoms with Gasteiger partial charge in [-0.1, -0.05) is 12.5 Å². The number of methoxy groups -OCH3 is 3. The van der Waals surface area contributed by atoms with Crippen LogP contribution in [0, 0.1) is 0 Å². The minimum Gasteiger partial charge on any atom is -0.493 e. The molecule has 2 heterocycles. The maximum atomic E-state index is 13.6. The molecule has 0 atom stereocenters. The zero-order chi connectivity index (χ0) is 27.2. The Morgan fingerprint density at radius 3 is 2.24 bits per heavy atom. The Bertz CT molecular complexity index is 1280. The van der Waals surface area contributed by atoms with Crippen molar-refractivity contribution >= 4 is 16.9 Å². The third-order valence-electron chi connectivity index (χ3n) is 6.68. The Labute approximate surface area is 224 Å². The van der Waals surface area contributed by atoms with Gasteiger partial charge in [0.05, 0.1) is 50.8 Å². The summed E-state index contributed by atoms with van der Waals surface area (Å²) in [6.45, 7) is 8.49. The summed E-state index contributed by atoms with van der Waals surface area (Å²) in [7, 11) is 4.81. The first kappa shape index (κ1) is 27.5. The van der Waals surface area contributed by atoms with Crippen LogP contribution in [-0.2, 0) is 11.3 Å². The Balaban J connectivity index is 2.05. The predicted molar refractivity (Wildman–Crippen MR) is 148 cm³/mol. The molecule has 0 spiro atoms. The number of rotatable bonds is 10. The normalized spacial score (nSPS) is 14.0. The van der Waals surface area contributed by atoms with Crippen molar-refractivity contribution in [1.82, 2.24) is 9.88 Å². The van der Waals surface area contributed by atoms with Gasteiger partial charge in [0.15, 0.2) is 23.0 Å². The lowest BCUT2D eigenvalue weighted by molar-refractivity contribution is 0.0524. The van der Waals surface area contributed by atoms with Crippen molar-refractivity contribution in [3.05, 3.63) is 41.6 Å². The zero-order valence-corrected chi connectivity index (χ0v) is 23.3. The lowest BCUT2D eigenvalue weighted by atomic mass is 9.93. The Hall–Kier alpha value is -3.52. The second-order valence-electron chi connectivity index (χ2n) is 9.62. The number of ether oxygens (including phenoxy) is 5. The highest BCUT2D eigenvalue weighted by molar-refractivity contribution is 6.08. The third kappa shape index (κ3) is 5.80. The molecule has 0 aliphatic carbocycles. The number of benzene rings is 2. The van der Waals surface area contributed by atoms with Crippen molar-refractivity contribution in [3.63, 3.8) is 0 Å². The number of nitrogens with zero attached hydrogens (tertiary/aromatic N) is 2. The molecular formula is C30H38N2O6. The highest BCUT2D eigenvalue weighted by Gasteiger charge is 2.27. The molecule has 1 saturated heterocycles. The molecule has 2 aromatic carbocycles. The molecule has 38 heavy (non-hydrogen) atoms. The van der Waals surface area contributed by atoms with Gasteiger partial charge >= 0.3 is 5.97 Å². The van der Waals surface area contributed by atoms with Crippen LogP contribution < -0.4 is 18.9 Å². The molecule has 0 saturated carbocycles. The van der Waals surface area contributed by atoms with Gasteiger partial charge in [0.1, 0.15) is 0 Å². The smallest absolute Gasteiger partial charge is 0.340 e. The van der Waals surface area contributed by atoms with Crippen LogP contribution in [0.2, 0.25) is 0 Å². The lowest BCUT2D eigenvalue weighted by Gasteiger charge is -2.27. The van der Waals surface area contributed by atoms with Gasteiger partial charge in [-0.2, -0.15) is 0 Å².